The summed E-state index contributed by atoms with van der Waals surface area (Å²) >= 11 is 6.14. The summed E-state index contributed by atoms with van der Waals surface area (Å²) in [7, 11) is 0. The fourth-order valence-electron chi connectivity index (χ4n) is 3.48. The monoisotopic (exact) mass is 374 g/mol. The normalized spacial score (nSPS) is 19.1. The van der Waals surface area contributed by atoms with Gasteiger partial charge in [0.2, 0.25) is 5.91 Å². The van der Waals surface area contributed by atoms with Gasteiger partial charge >= 0.3 is 0 Å². The summed E-state index contributed by atoms with van der Waals surface area (Å²) in [6.07, 6.45) is 1.78. The minimum Gasteiger partial charge on any atom is -0.349 e. The number of rotatable bonds is 5. The molecule has 1 amide bonds. The van der Waals surface area contributed by atoms with Crippen molar-refractivity contribution in [2.45, 2.75) is 32.4 Å². The van der Waals surface area contributed by atoms with Crippen LogP contribution < -0.4 is 5.32 Å². The van der Waals surface area contributed by atoms with Gasteiger partial charge in [0.05, 0.1) is 12.0 Å². The SMILES string of the molecule is CC(NC(=O)C1CCCN(Cc2c(F)cccc2Cl)C1)c1ccccc1. The smallest absolute Gasteiger partial charge is 0.224 e. The van der Waals surface area contributed by atoms with Crippen LogP contribution in [0.5, 0.6) is 0 Å². The van der Waals surface area contributed by atoms with Crippen LogP contribution in [0.15, 0.2) is 48.5 Å². The summed E-state index contributed by atoms with van der Waals surface area (Å²) in [6, 6.07) is 14.6. The van der Waals surface area contributed by atoms with E-state index in [9.17, 15) is 9.18 Å². The van der Waals surface area contributed by atoms with Crippen LogP contribution in [-0.4, -0.2) is 23.9 Å². The first-order valence-corrected chi connectivity index (χ1v) is 9.43. The molecule has 26 heavy (non-hydrogen) atoms. The lowest BCUT2D eigenvalue weighted by molar-refractivity contribution is -0.127. The highest BCUT2D eigenvalue weighted by Crippen LogP contribution is 2.25. The quantitative estimate of drug-likeness (QED) is 0.831. The largest absolute Gasteiger partial charge is 0.349 e. The molecule has 0 aliphatic carbocycles. The van der Waals surface area contributed by atoms with Gasteiger partial charge in [0.1, 0.15) is 5.82 Å². The molecule has 1 heterocycles. The van der Waals surface area contributed by atoms with E-state index in [0.717, 1.165) is 24.9 Å². The molecule has 2 atom stereocenters. The third-order valence-corrected chi connectivity index (χ3v) is 5.33. The van der Waals surface area contributed by atoms with Crippen LogP contribution in [0.2, 0.25) is 5.02 Å². The summed E-state index contributed by atoms with van der Waals surface area (Å²) in [5.74, 6) is -0.312. The summed E-state index contributed by atoms with van der Waals surface area (Å²) in [5, 5.41) is 3.55. The van der Waals surface area contributed by atoms with Crippen molar-refractivity contribution < 1.29 is 9.18 Å². The molecule has 2 unspecified atom stereocenters. The lowest BCUT2D eigenvalue weighted by Crippen LogP contribution is -2.43. The highest BCUT2D eigenvalue weighted by molar-refractivity contribution is 6.31. The molecule has 1 aliphatic rings. The van der Waals surface area contributed by atoms with E-state index >= 15 is 0 Å². The molecule has 0 radical (unpaired) electrons. The van der Waals surface area contributed by atoms with E-state index < -0.39 is 0 Å². The van der Waals surface area contributed by atoms with E-state index in [1.807, 2.05) is 37.3 Å². The van der Waals surface area contributed by atoms with Crippen molar-refractivity contribution in [1.82, 2.24) is 10.2 Å². The number of halogens is 2. The van der Waals surface area contributed by atoms with E-state index in [2.05, 4.69) is 10.2 Å². The molecular formula is C21H24ClFN2O. The summed E-state index contributed by atoms with van der Waals surface area (Å²) in [6.45, 7) is 3.90. The van der Waals surface area contributed by atoms with Crippen LogP contribution >= 0.6 is 11.6 Å². The third kappa shape index (κ3) is 4.63. The standard InChI is InChI=1S/C21H24ClFN2O/c1-15(16-7-3-2-4-8-16)24-21(26)17-9-6-12-25(13-17)14-18-19(22)10-5-11-20(18)23/h2-5,7-8,10-11,15,17H,6,9,12-14H2,1H3,(H,24,26). The van der Waals surface area contributed by atoms with Gasteiger partial charge in [-0.2, -0.15) is 0 Å². The molecule has 0 aromatic heterocycles. The fraction of sp³-hybridized carbons (Fsp3) is 0.381. The maximum atomic E-state index is 14.0. The van der Waals surface area contributed by atoms with Gasteiger partial charge in [-0.15, -0.1) is 0 Å². The topological polar surface area (TPSA) is 32.3 Å². The number of benzene rings is 2. The molecule has 3 rings (SSSR count). The predicted octanol–water partition coefficient (Wildman–Crippen LogP) is 4.57. The number of piperidine rings is 1. The first-order chi connectivity index (χ1) is 12.5. The fourth-order valence-corrected chi connectivity index (χ4v) is 3.70. The second kappa shape index (κ2) is 8.65. The minimum absolute atomic E-state index is 0.0277. The van der Waals surface area contributed by atoms with Gasteiger partial charge in [-0.3, -0.25) is 9.69 Å². The van der Waals surface area contributed by atoms with Crippen molar-refractivity contribution in [1.29, 1.82) is 0 Å². The Labute approximate surface area is 159 Å². The Balaban J connectivity index is 1.60. The van der Waals surface area contributed by atoms with Crippen LogP contribution in [-0.2, 0) is 11.3 Å². The number of nitrogens with one attached hydrogen (secondary N) is 1. The molecule has 138 valence electrons. The van der Waals surface area contributed by atoms with Gasteiger partial charge in [0, 0.05) is 23.7 Å². The van der Waals surface area contributed by atoms with E-state index in [1.165, 1.54) is 6.07 Å². The molecule has 5 heteroatoms. The van der Waals surface area contributed by atoms with Gasteiger partial charge in [0.15, 0.2) is 0 Å². The molecule has 1 aliphatic heterocycles. The van der Waals surface area contributed by atoms with Gasteiger partial charge in [0.25, 0.3) is 0 Å². The minimum atomic E-state index is -0.290. The van der Waals surface area contributed by atoms with E-state index in [-0.39, 0.29) is 23.7 Å². The summed E-state index contributed by atoms with van der Waals surface area (Å²) in [4.78, 5) is 14.8. The maximum absolute atomic E-state index is 14.0. The molecule has 2 aromatic rings. The Morgan fingerprint density at radius 1 is 1.27 bits per heavy atom. The predicted molar refractivity (Wildman–Crippen MR) is 102 cm³/mol. The van der Waals surface area contributed by atoms with Crippen LogP contribution in [0, 0.1) is 11.7 Å². The number of amides is 1. The highest BCUT2D eigenvalue weighted by Gasteiger charge is 2.27. The van der Waals surface area contributed by atoms with Gasteiger partial charge < -0.3 is 5.32 Å². The Morgan fingerprint density at radius 2 is 2.04 bits per heavy atom. The van der Waals surface area contributed by atoms with Crippen molar-refractivity contribution in [3.63, 3.8) is 0 Å². The van der Waals surface area contributed by atoms with Crippen molar-refractivity contribution in [3.8, 4) is 0 Å². The number of nitrogens with zero attached hydrogens (tertiary/aromatic N) is 1. The molecule has 1 fully saturated rings. The Hall–Kier alpha value is -1.91. The molecular weight excluding hydrogens is 351 g/mol. The average Bonchev–Trinajstić information content (AvgIpc) is 2.66. The van der Waals surface area contributed by atoms with E-state index in [0.29, 0.717) is 23.7 Å². The molecule has 1 saturated heterocycles. The van der Waals surface area contributed by atoms with E-state index in [1.54, 1.807) is 12.1 Å². The second-order valence-electron chi connectivity index (χ2n) is 6.92. The number of carbonyl (C=O) groups excluding carboxylic acids is 1. The summed E-state index contributed by atoms with van der Waals surface area (Å²) < 4.78 is 14.0. The van der Waals surface area contributed by atoms with Crippen LogP contribution in [0.3, 0.4) is 0 Å². The number of hydrogen-bond acceptors (Lipinski definition) is 2. The molecule has 0 bridgehead atoms. The zero-order chi connectivity index (χ0) is 18.5. The zero-order valence-electron chi connectivity index (χ0n) is 14.9. The number of hydrogen-bond donors (Lipinski definition) is 1. The Morgan fingerprint density at radius 3 is 2.77 bits per heavy atom. The molecule has 3 nitrogen and oxygen atoms in total. The van der Waals surface area contributed by atoms with Crippen LogP contribution in [0.4, 0.5) is 4.39 Å². The van der Waals surface area contributed by atoms with Gasteiger partial charge in [-0.05, 0) is 44.0 Å². The highest BCUT2D eigenvalue weighted by atomic mass is 35.5. The van der Waals surface area contributed by atoms with Crippen molar-refractivity contribution in [2.75, 3.05) is 13.1 Å². The maximum Gasteiger partial charge on any atom is 0.224 e. The van der Waals surface area contributed by atoms with Crippen LogP contribution in [0.1, 0.15) is 36.9 Å². The molecule has 0 spiro atoms. The van der Waals surface area contributed by atoms with Gasteiger partial charge in [-0.25, -0.2) is 4.39 Å². The third-order valence-electron chi connectivity index (χ3n) is 4.98. The van der Waals surface area contributed by atoms with E-state index in [4.69, 9.17) is 11.6 Å². The zero-order valence-corrected chi connectivity index (χ0v) is 15.7. The lowest BCUT2D eigenvalue weighted by Gasteiger charge is -2.33. The first-order valence-electron chi connectivity index (χ1n) is 9.05. The Bertz CT molecular complexity index is 733. The molecule has 2 aromatic carbocycles. The molecule has 0 saturated carbocycles. The number of likely N-dealkylation sites (tertiary alicyclic amines) is 1. The second-order valence-corrected chi connectivity index (χ2v) is 7.32. The lowest BCUT2D eigenvalue weighted by atomic mass is 9.96. The van der Waals surface area contributed by atoms with Crippen molar-refractivity contribution in [2.24, 2.45) is 5.92 Å². The number of carbonyl (C=O) groups is 1. The first kappa shape index (κ1) is 18.9. The summed E-state index contributed by atoms with van der Waals surface area (Å²) in [5.41, 5.74) is 1.60. The Kier molecular flexibility index (Phi) is 6.28. The molecule has 1 N–H and O–H groups in total. The van der Waals surface area contributed by atoms with Crippen LogP contribution in [0.25, 0.3) is 0 Å². The van der Waals surface area contributed by atoms with Crippen molar-refractivity contribution >= 4 is 17.5 Å². The van der Waals surface area contributed by atoms with Gasteiger partial charge in [-0.1, -0.05) is 48.0 Å². The van der Waals surface area contributed by atoms with Crippen molar-refractivity contribution in [3.05, 3.63) is 70.5 Å². The average molecular weight is 375 g/mol.